The van der Waals surface area contributed by atoms with Gasteiger partial charge in [-0.1, -0.05) is 302 Å². The Labute approximate surface area is 857 Å². The zero-order valence-corrected chi connectivity index (χ0v) is 94.9. The molecule has 1 aromatic heterocycles. The molecule has 12 aromatic carbocycles. The lowest BCUT2D eigenvalue weighted by atomic mass is 10.1. The molecule has 746 valence electrons. The fourth-order valence-electron chi connectivity index (χ4n) is 21.0. The lowest BCUT2D eigenvalue weighted by molar-refractivity contribution is -0.117. The third-order valence-corrected chi connectivity index (χ3v) is 46.9. The molecule has 142 heavy (non-hydrogen) atoms. The van der Waals surface area contributed by atoms with Crippen LogP contribution in [0, 0.1) is 12.8 Å². The molecule has 7 unspecified atom stereocenters. The minimum absolute atomic E-state index is 0.0336. The summed E-state index contributed by atoms with van der Waals surface area (Å²) in [6.45, 7) is 55.9. The second-order valence-corrected chi connectivity index (χ2v) is 62.2. The third kappa shape index (κ3) is 22.7. The Morgan fingerprint density at radius 1 is 0.345 bits per heavy atom. The fourth-order valence-corrected chi connectivity index (χ4v) is 41.1. The first kappa shape index (κ1) is 107. The Bertz CT molecular complexity index is 6420. The number of ether oxygens (including phenoxy) is 6. The van der Waals surface area contributed by atoms with Crippen LogP contribution in [-0.4, -0.2) is 114 Å². The number of aryl methyl sites for hydroxylation is 1. The van der Waals surface area contributed by atoms with E-state index in [1.54, 1.807) is 42.7 Å². The smallest absolute Gasteiger partial charge is 0.231 e. The van der Waals surface area contributed by atoms with E-state index in [1.165, 1.54) is 88.7 Å². The SMILES string of the molecule is COc1cccc2c1P(C(C)(C)C)C(C)(C)N2c1ccccc1.COc1cccc2c1P(C(C)(C)C)C(C)N2c1ccccc1.COc1cccc2c1P(C(C)(C)C)C(c1cccc(C)n1)N2c1ccccc1.COc1cccc2c1P(C(C)(C)C)CN2C(=O)Cc1ccccc1.COc1cccc2c1P(C(C)(C)C)CN2c1ccccc1.COc1cccc2c1[P@](C(C)(C)C)[C@@H](C(C)C)N2c1ccccc1. The van der Waals surface area contributed by atoms with Gasteiger partial charge in [-0.05, 0) is 263 Å². The summed E-state index contributed by atoms with van der Waals surface area (Å²) in [4.78, 5) is 32.3. The Morgan fingerprint density at radius 2 is 0.683 bits per heavy atom. The number of pyridine rings is 1. The average Bonchev–Trinajstić information content (AvgIpc) is 1.65. The number of hydrogen-bond acceptors (Lipinski definition) is 13. The molecule has 13 aromatic rings. The summed E-state index contributed by atoms with van der Waals surface area (Å²) in [6.07, 6.45) is 2.28. The van der Waals surface area contributed by atoms with Crippen LogP contribution >= 0.6 is 47.5 Å². The highest BCUT2D eigenvalue weighted by atomic mass is 31.1. The number of rotatable bonds is 15. The molecule has 0 aliphatic carbocycles. The van der Waals surface area contributed by atoms with Crippen LogP contribution < -0.4 is 89.6 Å². The molecule has 0 saturated carbocycles. The van der Waals surface area contributed by atoms with Crippen molar-refractivity contribution in [3.8, 4) is 34.5 Å². The fraction of sp³-hybridized carbons (Fsp3) is 0.361. The van der Waals surface area contributed by atoms with Crippen LogP contribution in [0.15, 0.2) is 309 Å². The highest BCUT2D eigenvalue weighted by Gasteiger charge is 2.54. The quantitative estimate of drug-likeness (QED) is 0.0911. The van der Waals surface area contributed by atoms with E-state index in [2.05, 4.69) is 458 Å². The molecule has 6 aliphatic heterocycles. The zero-order chi connectivity index (χ0) is 102. The van der Waals surface area contributed by atoms with Crippen LogP contribution in [0.25, 0.3) is 0 Å². The van der Waals surface area contributed by atoms with E-state index in [4.69, 9.17) is 33.4 Å². The zero-order valence-electron chi connectivity index (χ0n) is 89.5. The summed E-state index contributed by atoms with van der Waals surface area (Å²) in [5.41, 5.74) is 17.0. The summed E-state index contributed by atoms with van der Waals surface area (Å²) in [5, 5.41) is 9.37. The van der Waals surface area contributed by atoms with Gasteiger partial charge >= 0.3 is 0 Å². The Morgan fingerprint density at radius 3 is 1.10 bits per heavy atom. The molecule has 0 fully saturated rings. The number of anilines is 11. The summed E-state index contributed by atoms with van der Waals surface area (Å²) in [7, 11) is 8.04. The monoisotopic (exact) mass is 2010 g/mol. The van der Waals surface area contributed by atoms with Crippen molar-refractivity contribution in [1.82, 2.24) is 4.98 Å². The summed E-state index contributed by atoms with van der Waals surface area (Å²) in [5.74, 6) is 7.85. The maximum Gasteiger partial charge on any atom is 0.231 e. The van der Waals surface area contributed by atoms with Gasteiger partial charge in [0.15, 0.2) is 0 Å². The Balaban J connectivity index is 0.000000136. The maximum absolute atomic E-state index is 12.9. The first-order valence-corrected chi connectivity index (χ1v) is 58.3. The largest absolute Gasteiger partial charge is 0.496 e. The number of para-hydroxylation sites is 5. The lowest BCUT2D eigenvalue weighted by Gasteiger charge is -2.43. The van der Waals surface area contributed by atoms with Crippen molar-refractivity contribution in [2.45, 2.75) is 226 Å². The molecule has 0 bridgehead atoms. The van der Waals surface area contributed by atoms with E-state index >= 15 is 0 Å². The molecule has 14 nitrogen and oxygen atoms in total. The normalized spacial score (nSPS) is 19.0. The van der Waals surface area contributed by atoms with Gasteiger partial charge < -0.3 is 57.8 Å². The highest BCUT2D eigenvalue weighted by molar-refractivity contribution is 7.71. The molecule has 20 heteroatoms. The molecule has 9 atom stereocenters. The van der Waals surface area contributed by atoms with Gasteiger partial charge in [-0.25, -0.2) is 0 Å². The van der Waals surface area contributed by atoms with Gasteiger partial charge in [0.05, 0.1) is 112 Å². The van der Waals surface area contributed by atoms with Crippen molar-refractivity contribution in [3.63, 3.8) is 0 Å². The first-order chi connectivity index (χ1) is 67.4. The Hall–Kier alpha value is -10.4. The molecule has 19 rings (SSSR count). The van der Waals surface area contributed by atoms with Crippen molar-refractivity contribution in [3.05, 3.63) is 326 Å². The molecule has 0 saturated heterocycles. The number of nitrogens with zero attached hydrogens (tertiary/aromatic N) is 7. The van der Waals surface area contributed by atoms with Gasteiger partial charge in [-0.2, -0.15) is 0 Å². The maximum atomic E-state index is 12.9. The van der Waals surface area contributed by atoms with E-state index in [0.29, 0.717) is 23.9 Å². The summed E-state index contributed by atoms with van der Waals surface area (Å²) in [6, 6.07) is 108. The number of carbonyl (C=O) groups excluding carboxylic acids is 1. The van der Waals surface area contributed by atoms with Crippen LogP contribution in [-0.2, 0) is 11.2 Å². The van der Waals surface area contributed by atoms with E-state index in [-0.39, 0.29) is 63.7 Å². The minimum Gasteiger partial charge on any atom is -0.496 e. The Kier molecular flexibility index (Phi) is 33.8. The van der Waals surface area contributed by atoms with Gasteiger partial charge in [0.2, 0.25) is 5.91 Å². The highest BCUT2D eigenvalue weighted by Crippen LogP contribution is 2.72. The molecule has 7 heterocycles. The van der Waals surface area contributed by atoms with E-state index in [9.17, 15) is 4.79 Å². The van der Waals surface area contributed by atoms with Crippen LogP contribution in [0.4, 0.5) is 62.6 Å². The molecule has 6 aliphatic rings. The molecular weight excluding hydrogens is 1860 g/mol. The van der Waals surface area contributed by atoms with Gasteiger partial charge in [0.1, 0.15) is 40.3 Å². The number of methoxy groups -OCH3 is 6. The standard InChI is InChI=1S/C24H27N2OP.C21H28NOP.C20H24NO2P.C20H26NOP.C19H24NOP.C18H22NOP/c1-17-11-9-14-19(25-17)23-26(18-12-7-6-8-13-18)20-15-10-16-21(27-5)22(20)28(23)24(2,3)4;1-15(2)20-22(16-11-8-7-9-12-16)17-13-10-14-18(23-6)19(17)24(20)21(3,4)5;1-20(2,3)24-14-21(16-11-8-12-17(23-4)19(16)24)18(22)13-15-9-6-5-7-10-15;1-19(2,3)23-18-16(13-10-14-17(18)22-6)21(20(23,4)5)15-11-8-7-9-12-15;1-14-20(15-10-7-6-8-11-15)16-12-9-13-17(21-5)18(16)22(14)19(2,3)4;1-18(2,3)21-13-19(14-9-6-5-7-10-14)15-11-8-12-16(20-4)17(15)21/h6-16,23H,1-5H3;7-15,20H,1-6H3;5-12H,13-14H2,1-4H3;7-14H,1-6H3;6-14H,1-5H3;5-12H,13H2,1-4H3/t;20-,24-;;;;/m.0..../s1. The number of fused-ring (bicyclic) bond motifs is 6. The number of amides is 1. The lowest BCUT2D eigenvalue weighted by Crippen LogP contribution is -2.38. The van der Waals surface area contributed by atoms with Crippen molar-refractivity contribution in [2.24, 2.45) is 5.92 Å². The molecule has 0 radical (unpaired) electrons. The van der Waals surface area contributed by atoms with Crippen LogP contribution in [0.5, 0.6) is 34.5 Å². The van der Waals surface area contributed by atoms with Crippen molar-refractivity contribution < 1.29 is 33.2 Å². The number of carbonyl (C=O) groups is 1. The number of hydrogen-bond donors (Lipinski definition) is 0. The van der Waals surface area contributed by atoms with Crippen molar-refractivity contribution >= 4 is 148 Å². The predicted octanol–water partition coefficient (Wildman–Crippen LogP) is 31.3. The first-order valence-electron chi connectivity index (χ1n) is 49.7. The molecular formula is C122H151N7O7P6. The van der Waals surface area contributed by atoms with Gasteiger partial charge in [0, 0.05) is 72.2 Å². The van der Waals surface area contributed by atoms with Gasteiger partial charge in [0.25, 0.3) is 0 Å². The van der Waals surface area contributed by atoms with Crippen LogP contribution in [0.1, 0.15) is 182 Å². The number of benzene rings is 12. The molecule has 1 amide bonds. The topological polar surface area (TPSA) is 105 Å². The molecule has 0 spiro atoms. The van der Waals surface area contributed by atoms with Crippen molar-refractivity contribution in [1.29, 1.82) is 0 Å². The van der Waals surface area contributed by atoms with Crippen LogP contribution in [0.2, 0.25) is 0 Å². The molecule has 0 N–H and O–H groups in total. The van der Waals surface area contributed by atoms with Gasteiger partial charge in [-0.3, -0.25) is 9.78 Å². The van der Waals surface area contributed by atoms with E-state index in [1.807, 2.05) is 47.4 Å². The number of aromatic nitrogens is 1. The summed E-state index contributed by atoms with van der Waals surface area (Å²) < 4.78 is 34.3. The van der Waals surface area contributed by atoms with Gasteiger partial charge in [-0.15, -0.1) is 0 Å². The van der Waals surface area contributed by atoms with E-state index in [0.717, 1.165) is 69.7 Å². The summed E-state index contributed by atoms with van der Waals surface area (Å²) >= 11 is 0. The predicted molar refractivity (Wildman–Crippen MR) is 620 cm³/mol. The third-order valence-electron chi connectivity index (χ3n) is 26.6. The van der Waals surface area contributed by atoms with Crippen LogP contribution in [0.3, 0.4) is 0 Å². The van der Waals surface area contributed by atoms with E-state index < -0.39 is 31.7 Å². The minimum atomic E-state index is -0.605. The second kappa shape index (κ2) is 44.7. The second-order valence-electron chi connectivity index (χ2n) is 43.5. The average molecular weight is 2010 g/mol. The van der Waals surface area contributed by atoms with Crippen molar-refractivity contribution in [2.75, 3.05) is 84.6 Å².